The van der Waals surface area contributed by atoms with Crippen LogP contribution in [0.25, 0.3) is 0 Å². The van der Waals surface area contributed by atoms with Crippen molar-refractivity contribution in [3.8, 4) is 0 Å². The lowest BCUT2D eigenvalue weighted by Crippen LogP contribution is -2.36. The summed E-state index contributed by atoms with van der Waals surface area (Å²) in [6, 6.07) is 6.61. The lowest BCUT2D eigenvalue weighted by molar-refractivity contribution is -0.142. The van der Waals surface area contributed by atoms with E-state index in [1.165, 1.54) is 12.0 Å². The van der Waals surface area contributed by atoms with Crippen LogP contribution in [-0.4, -0.2) is 71.9 Å². The summed E-state index contributed by atoms with van der Waals surface area (Å²) in [4.78, 5) is 50.5. The van der Waals surface area contributed by atoms with Crippen LogP contribution in [0.5, 0.6) is 0 Å². The second-order valence-electron chi connectivity index (χ2n) is 5.84. The summed E-state index contributed by atoms with van der Waals surface area (Å²) in [6.45, 7) is 0.190. The van der Waals surface area contributed by atoms with E-state index in [1.54, 1.807) is 24.3 Å². The predicted octanol–water partition coefficient (Wildman–Crippen LogP) is 0.447. The molecule has 2 rings (SSSR count). The number of aliphatic hydroxyl groups is 1. The molecule has 0 bridgehead atoms. The highest BCUT2D eigenvalue weighted by Crippen LogP contribution is 2.22. The van der Waals surface area contributed by atoms with Crippen LogP contribution in [0.1, 0.15) is 40.0 Å². The Labute approximate surface area is 151 Å². The molecule has 8 nitrogen and oxygen atoms in total. The van der Waals surface area contributed by atoms with Crippen LogP contribution < -0.4 is 0 Å². The van der Waals surface area contributed by atoms with E-state index in [4.69, 9.17) is 5.11 Å². The molecule has 0 atom stereocenters. The van der Waals surface area contributed by atoms with Crippen molar-refractivity contribution >= 4 is 23.7 Å². The zero-order chi connectivity index (χ0) is 19.1. The van der Waals surface area contributed by atoms with Crippen molar-refractivity contribution in [1.29, 1.82) is 0 Å². The number of amides is 3. The number of ether oxygens (including phenoxy) is 1. The number of rotatable bonds is 9. The first kappa shape index (κ1) is 19.6. The summed E-state index contributed by atoms with van der Waals surface area (Å²) in [6.07, 6.45) is 0.458. The number of hydrogen-bond donors (Lipinski definition) is 1. The minimum absolute atomic E-state index is 0.0423. The van der Waals surface area contributed by atoms with Gasteiger partial charge in [0.05, 0.1) is 31.3 Å². The van der Waals surface area contributed by atoms with Crippen LogP contribution in [-0.2, 0) is 14.3 Å². The van der Waals surface area contributed by atoms with E-state index in [1.807, 2.05) is 0 Å². The highest BCUT2D eigenvalue weighted by molar-refractivity contribution is 6.21. The van der Waals surface area contributed by atoms with Gasteiger partial charge in [0, 0.05) is 26.1 Å². The molecular formula is C18H22N2O6. The third-order valence-electron chi connectivity index (χ3n) is 4.19. The van der Waals surface area contributed by atoms with Crippen LogP contribution >= 0.6 is 0 Å². The molecule has 0 unspecified atom stereocenters. The van der Waals surface area contributed by atoms with Crippen molar-refractivity contribution in [2.45, 2.75) is 19.3 Å². The Kier molecular flexibility index (Phi) is 6.85. The highest BCUT2D eigenvalue weighted by atomic mass is 16.5. The van der Waals surface area contributed by atoms with Crippen molar-refractivity contribution in [3.63, 3.8) is 0 Å². The van der Waals surface area contributed by atoms with Crippen molar-refractivity contribution in [2.24, 2.45) is 0 Å². The number of imide groups is 1. The van der Waals surface area contributed by atoms with Gasteiger partial charge in [-0.1, -0.05) is 12.1 Å². The van der Waals surface area contributed by atoms with Crippen LogP contribution in [0.15, 0.2) is 24.3 Å². The number of benzene rings is 1. The molecule has 3 amide bonds. The van der Waals surface area contributed by atoms with E-state index in [0.29, 0.717) is 17.5 Å². The Balaban J connectivity index is 1.86. The average molecular weight is 362 g/mol. The Bertz CT molecular complexity index is 668. The van der Waals surface area contributed by atoms with Gasteiger partial charge in [-0.05, 0) is 18.6 Å². The average Bonchev–Trinajstić information content (AvgIpc) is 2.89. The number of nitrogens with zero attached hydrogens (tertiary/aromatic N) is 2. The molecular weight excluding hydrogens is 340 g/mol. The van der Waals surface area contributed by atoms with Gasteiger partial charge in [-0.2, -0.15) is 0 Å². The molecule has 0 saturated heterocycles. The molecule has 0 aliphatic carbocycles. The van der Waals surface area contributed by atoms with Crippen molar-refractivity contribution in [1.82, 2.24) is 9.80 Å². The minimum Gasteiger partial charge on any atom is -0.469 e. The quantitative estimate of drug-likeness (QED) is 0.505. The van der Waals surface area contributed by atoms with Gasteiger partial charge in [0.2, 0.25) is 5.91 Å². The molecule has 0 radical (unpaired) electrons. The van der Waals surface area contributed by atoms with E-state index in [0.717, 1.165) is 4.90 Å². The summed E-state index contributed by atoms with van der Waals surface area (Å²) in [5.41, 5.74) is 0.757. The van der Waals surface area contributed by atoms with Gasteiger partial charge in [0.15, 0.2) is 0 Å². The van der Waals surface area contributed by atoms with E-state index in [2.05, 4.69) is 4.74 Å². The fourth-order valence-electron chi connectivity index (χ4n) is 2.80. The molecule has 1 aromatic carbocycles. The van der Waals surface area contributed by atoms with Gasteiger partial charge in [-0.15, -0.1) is 0 Å². The lowest BCUT2D eigenvalue weighted by atomic mass is 10.1. The summed E-state index contributed by atoms with van der Waals surface area (Å²) in [5.74, 6) is -1.39. The molecule has 1 aliphatic heterocycles. The number of esters is 1. The van der Waals surface area contributed by atoms with Crippen LogP contribution in [0.4, 0.5) is 0 Å². The summed E-state index contributed by atoms with van der Waals surface area (Å²) in [7, 11) is 1.27. The number of hydrogen-bond acceptors (Lipinski definition) is 6. The van der Waals surface area contributed by atoms with E-state index in [9.17, 15) is 19.2 Å². The second-order valence-corrected chi connectivity index (χ2v) is 5.84. The predicted molar refractivity (Wildman–Crippen MR) is 91.3 cm³/mol. The maximum absolute atomic E-state index is 12.3. The van der Waals surface area contributed by atoms with Gasteiger partial charge in [-0.3, -0.25) is 24.1 Å². The topological polar surface area (TPSA) is 104 Å². The van der Waals surface area contributed by atoms with Gasteiger partial charge < -0.3 is 14.7 Å². The molecule has 1 heterocycles. The summed E-state index contributed by atoms with van der Waals surface area (Å²) < 4.78 is 4.54. The molecule has 140 valence electrons. The molecule has 0 aromatic heterocycles. The molecule has 8 heteroatoms. The maximum Gasteiger partial charge on any atom is 0.307 e. The zero-order valence-electron chi connectivity index (χ0n) is 14.6. The SMILES string of the molecule is COC(=O)CCN(CCO)C(=O)CCCN1C(=O)c2ccccc2C1=O. The van der Waals surface area contributed by atoms with Crippen molar-refractivity contribution < 1.29 is 29.0 Å². The largest absolute Gasteiger partial charge is 0.469 e. The standard InChI is InChI=1S/C18H22N2O6/c1-26-16(23)8-10-19(11-12-21)15(22)7-4-9-20-17(24)13-5-2-3-6-14(13)18(20)25/h2-3,5-6,21H,4,7-12H2,1H3. The van der Waals surface area contributed by atoms with Gasteiger partial charge in [0.25, 0.3) is 11.8 Å². The monoisotopic (exact) mass is 362 g/mol. The molecule has 1 aromatic rings. The highest BCUT2D eigenvalue weighted by Gasteiger charge is 2.34. The van der Waals surface area contributed by atoms with E-state index >= 15 is 0 Å². The van der Waals surface area contributed by atoms with E-state index in [-0.39, 0.29) is 56.8 Å². The molecule has 1 aliphatic rings. The number of aliphatic hydroxyl groups excluding tert-OH is 1. The summed E-state index contributed by atoms with van der Waals surface area (Å²) in [5, 5.41) is 9.07. The Morgan fingerprint density at radius 1 is 1.08 bits per heavy atom. The first-order chi connectivity index (χ1) is 12.5. The van der Waals surface area contributed by atoms with Gasteiger partial charge >= 0.3 is 5.97 Å². The maximum atomic E-state index is 12.3. The number of carbonyl (C=O) groups is 4. The molecule has 0 spiro atoms. The fraction of sp³-hybridized carbons (Fsp3) is 0.444. The van der Waals surface area contributed by atoms with Crippen molar-refractivity contribution in [3.05, 3.63) is 35.4 Å². The Morgan fingerprint density at radius 2 is 1.69 bits per heavy atom. The van der Waals surface area contributed by atoms with Crippen LogP contribution in [0, 0.1) is 0 Å². The second kappa shape index (κ2) is 9.10. The smallest absolute Gasteiger partial charge is 0.307 e. The molecule has 0 fully saturated rings. The van der Waals surface area contributed by atoms with Crippen molar-refractivity contribution in [2.75, 3.05) is 33.4 Å². The number of methoxy groups -OCH3 is 1. The Hall–Kier alpha value is -2.74. The summed E-state index contributed by atoms with van der Waals surface area (Å²) >= 11 is 0. The first-order valence-electron chi connectivity index (χ1n) is 8.40. The van der Waals surface area contributed by atoms with Crippen LogP contribution in [0.3, 0.4) is 0 Å². The normalized spacial score (nSPS) is 12.9. The van der Waals surface area contributed by atoms with Gasteiger partial charge in [0.1, 0.15) is 0 Å². The lowest BCUT2D eigenvalue weighted by Gasteiger charge is -2.22. The minimum atomic E-state index is -0.438. The first-order valence-corrected chi connectivity index (χ1v) is 8.40. The third kappa shape index (κ3) is 4.45. The zero-order valence-corrected chi connectivity index (χ0v) is 14.6. The molecule has 26 heavy (non-hydrogen) atoms. The van der Waals surface area contributed by atoms with E-state index < -0.39 is 5.97 Å². The molecule has 0 saturated carbocycles. The van der Waals surface area contributed by atoms with Crippen LogP contribution in [0.2, 0.25) is 0 Å². The fourth-order valence-corrected chi connectivity index (χ4v) is 2.80. The molecule has 1 N–H and O–H groups in total. The third-order valence-corrected chi connectivity index (χ3v) is 4.19. The Morgan fingerprint density at radius 3 is 2.23 bits per heavy atom. The number of fused-ring (bicyclic) bond motifs is 1. The number of carbonyl (C=O) groups excluding carboxylic acids is 4. The van der Waals surface area contributed by atoms with Gasteiger partial charge in [-0.25, -0.2) is 0 Å².